The first kappa shape index (κ1) is 12.1. The minimum Gasteiger partial charge on any atom is -0.496 e. The van der Waals surface area contributed by atoms with E-state index in [0.717, 1.165) is 0 Å². The van der Waals surface area contributed by atoms with Crippen molar-refractivity contribution < 1.29 is 18.8 Å². The van der Waals surface area contributed by atoms with Gasteiger partial charge in [-0.2, -0.15) is 4.98 Å². The molecule has 1 aromatic heterocycles. The topological polar surface area (TPSA) is 74.5 Å². The van der Waals surface area contributed by atoms with Crippen molar-refractivity contribution >= 4 is 5.97 Å². The highest BCUT2D eigenvalue weighted by atomic mass is 16.5. The van der Waals surface area contributed by atoms with Crippen LogP contribution in [0, 0.1) is 0 Å². The SMILES string of the molecule is CCOC(=O)c1noc(-c2ccccc2OC)n1. The van der Waals surface area contributed by atoms with Gasteiger partial charge in [0.05, 0.1) is 19.3 Å². The molecule has 0 saturated heterocycles. The molecule has 0 amide bonds. The first-order valence-electron chi connectivity index (χ1n) is 5.40. The third-order valence-electron chi connectivity index (χ3n) is 2.22. The highest BCUT2D eigenvalue weighted by molar-refractivity contribution is 5.85. The molecule has 2 aromatic rings. The molecule has 0 atom stereocenters. The van der Waals surface area contributed by atoms with E-state index in [4.69, 9.17) is 14.0 Å². The third-order valence-corrected chi connectivity index (χ3v) is 2.22. The summed E-state index contributed by atoms with van der Waals surface area (Å²) in [5.41, 5.74) is 0.628. The monoisotopic (exact) mass is 248 g/mol. The van der Waals surface area contributed by atoms with Crippen LogP contribution in [0.5, 0.6) is 5.75 Å². The van der Waals surface area contributed by atoms with Gasteiger partial charge in [0.1, 0.15) is 5.75 Å². The van der Waals surface area contributed by atoms with Crippen LogP contribution in [0.3, 0.4) is 0 Å². The van der Waals surface area contributed by atoms with E-state index in [1.54, 1.807) is 26.2 Å². The largest absolute Gasteiger partial charge is 0.496 e. The fourth-order valence-electron chi connectivity index (χ4n) is 1.43. The summed E-state index contributed by atoms with van der Waals surface area (Å²) < 4.78 is 15.0. The molecular weight excluding hydrogens is 236 g/mol. The second-order valence-corrected chi connectivity index (χ2v) is 3.34. The maximum atomic E-state index is 11.4. The lowest BCUT2D eigenvalue weighted by atomic mass is 10.2. The van der Waals surface area contributed by atoms with Crippen LogP contribution in [0.25, 0.3) is 11.5 Å². The number of esters is 1. The normalized spacial score (nSPS) is 10.1. The van der Waals surface area contributed by atoms with Gasteiger partial charge in [-0.3, -0.25) is 0 Å². The molecule has 1 aromatic carbocycles. The van der Waals surface area contributed by atoms with Crippen molar-refractivity contribution in [2.45, 2.75) is 6.92 Å². The molecule has 0 fully saturated rings. The first-order valence-corrected chi connectivity index (χ1v) is 5.40. The highest BCUT2D eigenvalue weighted by Crippen LogP contribution is 2.27. The van der Waals surface area contributed by atoms with Gasteiger partial charge in [0.15, 0.2) is 0 Å². The predicted octanol–water partition coefficient (Wildman–Crippen LogP) is 1.92. The number of rotatable bonds is 4. The molecule has 0 unspecified atom stereocenters. The zero-order chi connectivity index (χ0) is 13.0. The molecule has 1 heterocycles. The van der Waals surface area contributed by atoms with Crippen LogP contribution in [0.15, 0.2) is 28.8 Å². The summed E-state index contributed by atoms with van der Waals surface area (Å²) in [5, 5.41) is 3.57. The van der Waals surface area contributed by atoms with E-state index in [1.165, 1.54) is 0 Å². The summed E-state index contributed by atoms with van der Waals surface area (Å²) in [4.78, 5) is 15.4. The average molecular weight is 248 g/mol. The van der Waals surface area contributed by atoms with E-state index in [1.807, 2.05) is 12.1 Å². The minimum absolute atomic E-state index is 0.0993. The molecule has 0 aliphatic carbocycles. The fourth-order valence-corrected chi connectivity index (χ4v) is 1.43. The van der Waals surface area contributed by atoms with E-state index in [2.05, 4.69) is 10.1 Å². The van der Waals surface area contributed by atoms with E-state index >= 15 is 0 Å². The van der Waals surface area contributed by atoms with Crippen molar-refractivity contribution in [3.63, 3.8) is 0 Å². The van der Waals surface area contributed by atoms with Gasteiger partial charge in [-0.25, -0.2) is 4.79 Å². The minimum atomic E-state index is -0.609. The molecule has 0 aliphatic rings. The lowest BCUT2D eigenvalue weighted by Gasteiger charge is -2.02. The van der Waals surface area contributed by atoms with Gasteiger partial charge in [-0.1, -0.05) is 12.1 Å². The lowest BCUT2D eigenvalue weighted by molar-refractivity contribution is 0.0508. The molecule has 6 heteroatoms. The van der Waals surface area contributed by atoms with Gasteiger partial charge in [-0.05, 0) is 24.2 Å². The molecular formula is C12H12N2O4. The predicted molar refractivity (Wildman–Crippen MR) is 62.2 cm³/mol. The fraction of sp³-hybridized carbons (Fsp3) is 0.250. The summed E-state index contributed by atoms with van der Waals surface area (Å²) in [5.74, 6) is 0.104. The van der Waals surface area contributed by atoms with Crippen LogP contribution < -0.4 is 4.74 Å². The Bertz CT molecular complexity index is 551. The van der Waals surface area contributed by atoms with E-state index in [9.17, 15) is 4.79 Å². The molecule has 0 N–H and O–H groups in total. The number of benzene rings is 1. The van der Waals surface area contributed by atoms with Crippen molar-refractivity contribution in [3.05, 3.63) is 30.1 Å². The van der Waals surface area contributed by atoms with Crippen LogP contribution in [0.1, 0.15) is 17.5 Å². The van der Waals surface area contributed by atoms with Gasteiger partial charge >= 0.3 is 5.97 Å². The number of aromatic nitrogens is 2. The number of ether oxygens (including phenoxy) is 2. The number of hydrogen-bond acceptors (Lipinski definition) is 6. The van der Waals surface area contributed by atoms with Crippen LogP contribution in [0.4, 0.5) is 0 Å². The van der Waals surface area contributed by atoms with Crippen molar-refractivity contribution in [3.8, 4) is 17.2 Å². The molecule has 0 spiro atoms. The zero-order valence-electron chi connectivity index (χ0n) is 10.0. The van der Waals surface area contributed by atoms with Crippen molar-refractivity contribution in [1.29, 1.82) is 0 Å². The Kier molecular flexibility index (Phi) is 3.57. The van der Waals surface area contributed by atoms with Crippen LogP contribution in [0.2, 0.25) is 0 Å². The summed E-state index contributed by atoms with van der Waals surface area (Å²) in [7, 11) is 1.54. The van der Waals surface area contributed by atoms with Crippen molar-refractivity contribution in [2.75, 3.05) is 13.7 Å². The Morgan fingerprint density at radius 3 is 2.89 bits per heavy atom. The summed E-state index contributed by atoms with van der Waals surface area (Å²) in [6, 6.07) is 7.17. The molecule has 2 rings (SSSR count). The summed E-state index contributed by atoms with van der Waals surface area (Å²) >= 11 is 0. The number of carbonyl (C=O) groups is 1. The molecule has 0 aliphatic heterocycles. The first-order chi connectivity index (χ1) is 8.76. The van der Waals surface area contributed by atoms with Crippen LogP contribution in [-0.2, 0) is 4.74 Å². The van der Waals surface area contributed by atoms with Gasteiger partial charge in [-0.15, -0.1) is 0 Å². The van der Waals surface area contributed by atoms with E-state index in [0.29, 0.717) is 11.3 Å². The summed E-state index contributed by atoms with van der Waals surface area (Å²) in [6.07, 6.45) is 0. The van der Waals surface area contributed by atoms with E-state index in [-0.39, 0.29) is 18.3 Å². The number of nitrogens with zero attached hydrogens (tertiary/aromatic N) is 2. The second kappa shape index (κ2) is 5.31. The van der Waals surface area contributed by atoms with E-state index < -0.39 is 5.97 Å². The lowest BCUT2D eigenvalue weighted by Crippen LogP contribution is -2.06. The van der Waals surface area contributed by atoms with Gasteiger partial charge < -0.3 is 14.0 Å². The second-order valence-electron chi connectivity index (χ2n) is 3.34. The van der Waals surface area contributed by atoms with Crippen molar-refractivity contribution in [2.24, 2.45) is 0 Å². The number of hydrogen-bond donors (Lipinski definition) is 0. The Hall–Kier alpha value is -2.37. The number of para-hydroxylation sites is 1. The average Bonchev–Trinajstić information content (AvgIpc) is 2.88. The maximum Gasteiger partial charge on any atom is 0.379 e. The molecule has 0 saturated carbocycles. The van der Waals surface area contributed by atoms with Crippen LogP contribution in [-0.4, -0.2) is 29.8 Å². The Balaban J connectivity index is 2.32. The quantitative estimate of drug-likeness (QED) is 0.769. The number of carbonyl (C=O) groups excluding carboxylic acids is 1. The molecule has 0 radical (unpaired) electrons. The standard InChI is InChI=1S/C12H12N2O4/c1-3-17-12(15)10-13-11(18-14-10)8-6-4-5-7-9(8)16-2/h4-7H,3H2,1-2H3. The number of methoxy groups -OCH3 is 1. The van der Waals surface area contributed by atoms with Crippen LogP contribution >= 0.6 is 0 Å². The Morgan fingerprint density at radius 1 is 1.39 bits per heavy atom. The van der Waals surface area contributed by atoms with Gasteiger partial charge in [0.2, 0.25) is 0 Å². The maximum absolute atomic E-state index is 11.4. The molecule has 6 nitrogen and oxygen atoms in total. The van der Waals surface area contributed by atoms with Gasteiger partial charge in [0.25, 0.3) is 11.7 Å². The molecule has 0 bridgehead atoms. The Labute approximate surface area is 104 Å². The Morgan fingerprint density at radius 2 is 2.17 bits per heavy atom. The van der Waals surface area contributed by atoms with Crippen molar-refractivity contribution in [1.82, 2.24) is 10.1 Å². The smallest absolute Gasteiger partial charge is 0.379 e. The van der Waals surface area contributed by atoms with Gasteiger partial charge in [0, 0.05) is 0 Å². The molecule has 94 valence electrons. The summed E-state index contributed by atoms with van der Waals surface area (Å²) in [6.45, 7) is 1.97. The zero-order valence-corrected chi connectivity index (χ0v) is 10.0. The molecule has 18 heavy (non-hydrogen) atoms. The third kappa shape index (κ3) is 2.32. The highest BCUT2D eigenvalue weighted by Gasteiger charge is 2.18.